The number of ether oxygens (including phenoxy) is 1. The van der Waals surface area contributed by atoms with E-state index >= 15 is 0 Å². The van der Waals surface area contributed by atoms with Crippen LogP contribution in [0.4, 0.5) is 0 Å². The second-order valence-electron chi connectivity index (χ2n) is 7.38. The van der Waals surface area contributed by atoms with Gasteiger partial charge in [0.1, 0.15) is 11.8 Å². The van der Waals surface area contributed by atoms with Crippen LogP contribution in [0.3, 0.4) is 0 Å². The number of hydrogen-bond donors (Lipinski definition) is 2. The van der Waals surface area contributed by atoms with E-state index in [9.17, 15) is 13.2 Å². The lowest BCUT2D eigenvalue weighted by Crippen LogP contribution is -3.07. The highest BCUT2D eigenvalue weighted by Gasteiger charge is 2.22. The fourth-order valence-electron chi connectivity index (χ4n) is 3.00. The standard InChI is InChI=1S/C21H29N3O4S/c1-15-7-12-18(29(26,27)24(4)5)13-19(15)21(25)22-14-20(23(2)3)16-8-10-17(28-6)11-9-16/h7-13,20H,14H2,1-6H3,(H,22,25)/p+1/t20-/m0/s1. The number of hydrogen-bond acceptors (Lipinski definition) is 4. The van der Waals surface area contributed by atoms with Gasteiger partial charge in [0, 0.05) is 25.2 Å². The van der Waals surface area contributed by atoms with Crippen LogP contribution in [0.15, 0.2) is 47.4 Å². The van der Waals surface area contributed by atoms with Gasteiger partial charge in [0.05, 0.1) is 32.6 Å². The van der Waals surface area contributed by atoms with Crippen LogP contribution >= 0.6 is 0 Å². The molecular formula is C21H30N3O4S+. The lowest BCUT2D eigenvalue weighted by Gasteiger charge is -2.22. The van der Waals surface area contributed by atoms with E-state index < -0.39 is 10.0 Å². The van der Waals surface area contributed by atoms with Crippen molar-refractivity contribution in [2.75, 3.05) is 41.8 Å². The number of carbonyl (C=O) groups excluding carboxylic acids is 1. The Kier molecular flexibility index (Phi) is 7.40. The van der Waals surface area contributed by atoms with E-state index in [4.69, 9.17) is 4.74 Å². The molecule has 158 valence electrons. The summed E-state index contributed by atoms with van der Waals surface area (Å²) >= 11 is 0. The minimum Gasteiger partial charge on any atom is -0.497 e. The SMILES string of the molecule is COc1ccc([C@H](CNC(=O)c2cc(S(=O)(=O)N(C)C)ccc2C)[NH+](C)C)cc1. The number of nitrogens with one attached hydrogen (secondary N) is 2. The van der Waals surface area contributed by atoms with Gasteiger partial charge in [0.25, 0.3) is 5.91 Å². The molecule has 0 spiro atoms. The number of carbonyl (C=O) groups is 1. The maximum absolute atomic E-state index is 12.8. The first-order valence-electron chi connectivity index (χ1n) is 9.33. The van der Waals surface area contributed by atoms with Crippen LogP contribution < -0.4 is 15.0 Å². The predicted molar refractivity (Wildman–Crippen MR) is 113 cm³/mol. The van der Waals surface area contributed by atoms with Crippen LogP contribution in [0.2, 0.25) is 0 Å². The lowest BCUT2D eigenvalue weighted by atomic mass is 10.0. The summed E-state index contributed by atoms with van der Waals surface area (Å²) in [5, 5.41) is 2.96. The molecule has 0 aliphatic carbocycles. The number of benzene rings is 2. The van der Waals surface area contributed by atoms with E-state index in [2.05, 4.69) is 5.32 Å². The van der Waals surface area contributed by atoms with E-state index in [0.29, 0.717) is 12.1 Å². The van der Waals surface area contributed by atoms with E-state index in [1.807, 2.05) is 38.4 Å². The van der Waals surface area contributed by atoms with Crippen LogP contribution in [-0.4, -0.2) is 60.5 Å². The van der Waals surface area contributed by atoms with Crippen molar-refractivity contribution in [3.05, 3.63) is 59.2 Å². The Labute approximate surface area is 173 Å². The minimum atomic E-state index is -3.61. The average Bonchev–Trinajstić information content (AvgIpc) is 2.68. The molecule has 2 rings (SSSR count). The van der Waals surface area contributed by atoms with Crippen molar-refractivity contribution in [3.63, 3.8) is 0 Å². The van der Waals surface area contributed by atoms with Crippen LogP contribution in [0.25, 0.3) is 0 Å². The summed E-state index contributed by atoms with van der Waals surface area (Å²) in [4.78, 5) is 14.1. The summed E-state index contributed by atoms with van der Waals surface area (Å²) in [6, 6.07) is 12.4. The molecule has 7 nitrogen and oxygen atoms in total. The molecule has 0 aromatic heterocycles. The Hall–Kier alpha value is -2.42. The van der Waals surface area contributed by atoms with Crippen LogP contribution in [0.5, 0.6) is 5.75 Å². The summed E-state index contributed by atoms with van der Waals surface area (Å²) in [5.74, 6) is 0.484. The molecule has 1 amide bonds. The van der Waals surface area contributed by atoms with E-state index in [1.165, 1.54) is 26.2 Å². The van der Waals surface area contributed by atoms with Gasteiger partial charge >= 0.3 is 0 Å². The first kappa shape index (κ1) is 22.9. The third-order valence-electron chi connectivity index (χ3n) is 4.91. The van der Waals surface area contributed by atoms with Crippen molar-refractivity contribution < 1.29 is 22.8 Å². The molecule has 0 bridgehead atoms. The van der Waals surface area contributed by atoms with Gasteiger partial charge in [-0.05, 0) is 48.9 Å². The lowest BCUT2D eigenvalue weighted by molar-refractivity contribution is -0.890. The summed E-state index contributed by atoms with van der Waals surface area (Å²) in [6.45, 7) is 2.21. The smallest absolute Gasteiger partial charge is 0.251 e. The van der Waals surface area contributed by atoms with Gasteiger partial charge in [0.2, 0.25) is 10.0 Å². The number of aryl methyl sites for hydroxylation is 1. The zero-order valence-electron chi connectivity index (χ0n) is 17.8. The highest BCUT2D eigenvalue weighted by atomic mass is 32.2. The van der Waals surface area contributed by atoms with Crippen molar-refractivity contribution in [1.29, 1.82) is 0 Å². The highest BCUT2D eigenvalue weighted by Crippen LogP contribution is 2.19. The molecule has 0 aliphatic rings. The maximum atomic E-state index is 12.8. The zero-order chi connectivity index (χ0) is 21.8. The molecule has 8 heteroatoms. The molecule has 0 unspecified atom stereocenters. The Balaban J connectivity index is 2.22. The summed E-state index contributed by atoms with van der Waals surface area (Å²) < 4.78 is 31.1. The van der Waals surface area contributed by atoms with Crippen molar-refractivity contribution in [2.24, 2.45) is 0 Å². The molecule has 0 saturated carbocycles. The largest absolute Gasteiger partial charge is 0.497 e. The fourth-order valence-corrected chi connectivity index (χ4v) is 3.93. The van der Waals surface area contributed by atoms with Crippen LogP contribution in [-0.2, 0) is 10.0 Å². The molecule has 29 heavy (non-hydrogen) atoms. The molecule has 2 N–H and O–H groups in total. The Bertz CT molecular complexity index is 954. The minimum absolute atomic E-state index is 0.0406. The predicted octanol–water partition coefficient (Wildman–Crippen LogP) is 0.870. The topological polar surface area (TPSA) is 80.1 Å². The number of rotatable bonds is 8. The number of likely N-dealkylation sites (N-methyl/N-ethyl adjacent to an activating group) is 1. The second-order valence-corrected chi connectivity index (χ2v) is 9.53. The molecule has 0 heterocycles. The quantitative estimate of drug-likeness (QED) is 0.664. The first-order chi connectivity index (χ1) is 13.6. The number of sulfonamides is 1. The Morgan fingerprint density at radius 2 is 1.76 bits per heavy atom. The normalized spacial score (nSPS) is 12.8. The molecule has 2 aromatic rings. The van der Waals surface area contributed by atoms with Gasteiger partial charge in [-0.3, -0.25) is 4.79 Å². The maximum Gasteiger partial charge on any atom is 0.251 e. The van der Waals surface area contributed by atoms with Crippen molar-refractivity contribution in [3.8, 4) is 5.75 Å². The van der Waals surface area contributed by atoms with Gasteiger partial charge < -0.3 is 15.0 Å². The zero-order valence-corrected chi connectivity index (χ0v) is 18.6. The molecule has 0 aliphatic heterocycles. The number of nitrogens with zero attached hydrogens (tertiary/aromatic N) is 1. The van der Waals surface area contributed by atoms with Gasteiger partial charge in [-0.1, -0.05) is 6.07 Å². The Morgan fingerprint density at radius 1 is 1.14 bits per heavy atom. The van der Waals surface area contributed by atoms with Gasteiger partial charge in [-0.2, -0.15) is 0 Å². The average molecular weight is 421 g/mol. The third kappa shape index (κ3) is 5.35. The third-order valence-corrected chi connectivity index (χ3v) is 6.73. The van der Waals surface area contributed by atoms with E-state index in [-0.39, 0.29) is 16.8 Å². The van der Waals surface area contributed by atoms with Gasteiger partial charge in [-0.15, -0.1) is 0 Å². The number of methoxy groups -OCH3 is 1. The van der Waals surface area contributed by atoms with Crippen molar-refractivity contribution in [1.82, 2.24) is 9.62 Å². The second kappa shape index (κ2) is 9.39. The first-order valence-corrected chi connectivity index (χ1v) is 10.8. The van der Waals surface area contributed by atoms with Crippen molar-refractivity contribution in [2.45, 2.75) is 17.9 Å². The molecule has 2 aromatic carbocycles. The molecule has 0 fully saturated rings. The molecule has 1 atom stereocenters. The van der Waals surface area contributed by atoms with Crippen molar-refractivity contribution >= 4 is 15.9 Å². The van der Waals surface area contributed by atoms with Gasteiger partial charge in [0.15, 0.2) is 0 Å². The number of quaternary nitrogens is 1. The highest BCUT2D eigenvalue weighted by molar-refractivity contribution is 7.89. The van der Waals surface area contributed by atoms with Crippen LogP contribution in [0.1, 0.15) is 27.5 Å². The van der Waals surface area contributed by atoms with Crippen LogP contribution in [0, 0.1) is 6.92 Å². The summed E-state index contributed by atoms with van der Waals surface area (Å²) in [6.07, 6.45) is 0. The van der Waals surface area contributed by atoms with E-state index in [0.717, 1.165) is 26.1 Å². The Morgan fingerprint density at radius 3 is 2.28 bits per heavy atom. The monoisotopic (exact) mass is 420 g/mol. The molecule has 0 radical (unpaired) electrons. The summed E-state index contributed by atoms with van der Waals surface area (Å²) in [5.41, 5.74) is 2.15. The number of amides is 1. The van der Waals surface area contributed by atoms with E-state index in [1.54, 1.807) is 20.1 Å². The fraction of sp³-hybridized carbons (Fsp3) is 0.381. The summed E-state index contributed by atoms with van der Waals surface area (Å²) in [7, 11) is 5.00. The molecular weight excluding hydrogens is 390 g/mol. The molecule has 0 saturated heterocycles. The van der Waals surface area contributed by atoms with Gasteiger partial charge in [-0.25, -0.2) is 12.7 Å².